The molecule has 3 nitrogen and oxygen atoms in total. The van der Waals surface area contributed by atoms with Crippen LogP contribution in [0, 0.1) is 11.3 Å². The zero-order valence-corrected chi connectivity index (χ0v) is 8.12. The molecule has 0 atom stereocenters. The Morgan fingerprint density at radius 2 is 1.77 bits per heavy atom. The quantitative estimate of drug-likeness (QED) is 0.497. The predicted molar refractivity (Wildman–Crippen MR) is 48.2 cm³/mol. The van der Waals surface area contributed by atoms with Gasteiger partial charge in [-0.15, -0.1) is 0 Å². The van der Waals surface area contributed by atoms with Gasteiger partial charge in [0.2, 0.25) is 0 Å². The number of hydroxylamine groups is 2. The highest BCUT2D eigenvalue weighted by atomic mass is 16.5. The highest BCUT2D eigenvalue weighted by molar-refractivity contribution is 5.81. The molecule has 13 heavy (non-hydrogen) atoms. The zero-order chi connectivity index (χ0) is 9.47. The van der Waals surface area contributed by atoms with Gasteiger partial charge in [0.25, 0.3) is 5.91 Å². The summed E-state index contributed by atoms with van der Waals surface area (Å²) in [5.41, 5.74) is -0.196. The Kier molecular flexibility index (Phi) is 2.06. The standard InChI is InChI=1S/C10H17NO2/c1-11(13)9(12)10-5-2-8(3-6-10)4-7-10/h8,13H,2-7H2,1H3. The summed E-state index contributed by atoms with van der Waals surface area (Å²) in [6, 6.07) is 0. The van der Waals surface area contributed by atoms with Crippen LogP contribution >= 0.6 is 0 Å². The molecule has 1 N–H and O–H groups in total. The fourth-order valence-corrected chi connectivity index (χ4v) is 2.91. The second kappa shape index (κ2) is 2.98. The van der Waals surface area contributed by atoms with Crippen LogP contribution < -0.4 is 0 Å². The van der Waals surface area contributed by atoms with Crippen molar-refractivity contribution in [3.05, 3.63) is 0 Å². The molecule has 3 fully saturated rings. The van der Waals surface area contributed by atoms with Gasteiger partial charge in [-0.05, 0) is 44.4 Å². The van der Waals surface area contributed by atoms with Gasteiger partial charge in [-0.3, -0.25) is 10.0 Å². The van der Waals surface area contributed by atoms with E-state index in [1.165, 1.54) is 26.3 Å². The number of hydrogen-bond donors (Lipinski definition) is 1. The molecule has 0 spiro atoms. The summed E-state index contributed by atoms with van der Waals surface area (Å²) >= 11 is 0. The monoisotopic (exact) mass is 183 g/mol. The molecule has 0 aliphatic heterocycles. The van der Waals surface area contributed by atoms with Crippen molar-refractivity contribution in [3.63, 3.8) is 0 Å². The predicted octanol–water partition coefficient (Wildman–Crippen LogP) is 1.80. The van der Waals surface area contributed by atoms with E-state index in [1.807, 2.05) is 0 Å². The highest BCUT2D eigenvalue weighted by Gasteiger charge is 2.46. The summed E-state index contributed by atoms with van der Waals surface area (Å²) in [7, 11) is 1.44. The molecule has 0 radical (unpaired) electrons. The molecule has 0 saturated heterocycles. The van der Waals surface area contributed by atoms with Crippen LogP contribution in [0.5, 0.6) is 0 Å². The average Bonchev–Trinajstić information content (AvgIpc) is 2.19. The SMILES string of the molecule is CN(O)C(=O)C12CCC(CC1)CC2. The van der Waals surface area contributed by atoms with Gasteiger partial charge in [0.1, 0.15) is 0 Å². The molecule has 3 aliphatic carbocycles. The molecule has 1 amide bonds. The van der Waals surface area contributed by atoms with E-state index in [0.29, 0.717) is 0 Å². The third-order valence-electron chi connectivity index (χ3n) is 3.84. The summed E-state index contributed by atoms with van der Waals surface area (Å²) in [5.74, 6) is 0.796. The van der Waals surface area contributed by atoms with Crippen molar-refractivity contribution in [2.45, 2.75) is 38.5 Å². The van der Waals surface area contributed by atoms with Crippen LogP contribution in [0.25, 0.3) is 0 Å². The fraction of sp³-hybridized carbons (Fsp3) is 0.900. The van der Waals surface area contributed by atoms with Gasteiger partial charge in [0, 0.05) is 7.05 Å². The molecule has 0 unspecified atom stereocenters. The van der Waals surface area contributed by atoms with Crippen molar-refractivity contribution < 1.29 is 10.0 Å². The largest absolute Gasteiger partial charge is 0.286 e. The van der Waals surface area contributed by atoms with Gasteiger partial charge in [-0.25, -0.2) is 5.06 Å². The highest BCUT2D eigenvalue weighted by Crippen LogP contribution is 2.50. The minimum absolute atomic E-state index is 0.0642. The zero-order valence-electron chi connectivity index (χ0n) is 8.12. The summed E-state index contributed by atoms with van der Waals surface area (Å²) in [4.78, 5) is 11.8. The first-order chi connectivity index (χ1) is 6.14. The molecule has 0 heterocycles. The van der Waals surface area contributed by atoms with E-state index < -0.39 is 0 Å². The molecule has 0 aromatic carbocycles. The lowest BCUT2D eigenvalue weighted by Gasteiger charge is -2.45. The maximum Gasteiger partial charge on any atom is 0.251 e. The Hall–Kier alpha value is -0.570. The van der Waals surface area contributed by atoms with Crippen molar-refractivity contribution >= 4 is 5.91 Å². The Balaban J connectivity index is 2.14. The Morgan fingerprint density at radius 3 is 2.15 bits per heavy atom. The molecule has 3 rings (SSSR count). The minimum atomic E-state index is -0.196. The van der Waals surface area contributed by atoms with Crippen LogP contribution in [0.15, 0.2) is 0 Å². The molecule has 2 bridgehead atoms. The third kappa shape index (κ3) is 1.35. The first-order valence-electron chi connectivity index (χ1n) is 5.11. The minimum Gasteiger partial charge on any atom is -0.286 e. The van der Waals surface area contributed by atoms with E-state index in [-0.39, 0.29) is 11.3 Å². The number of carbonyl (C=O) groups excluding carboxylic acids is 1. The molecular weight excluding hydrogens is 166 g/mol. The number of rotatable bonds is 1. The molecule has 0 aromatic rings. The Morgan fingerprint density at radius 1 is 1.31 bits per heavy atom. The molecule has 3 aliphatic rings. The van der Waals surface area contributed by atoms with Gasteiger partial charge in [-0.2, -0.15) is 0 Å². The second-order valence-electron chi connectivity index (χ2n) is 4.59. The summed E-state index contributed by atoms with van der Waals surface area (Å²) in [5, 5.41) is 9.95. The van der Waals surface area contributed by atoms with E-state index in [9.17, 15) is 10.0 Å². The van der Waals surface area contributed by atoms with Crippen molar-refractivity contribution in [1.29, 1.82) is 0 Å². The Labute approximate surface area is 78.7 Å². The topological polar surface area (TPSA) is 40.5 Å². The molecule has 0 aromatic heterocycles. The second-order valence-corrected chi connectivity index (χ2v) is 4.59. The van der Waals surface area contributed by atoms with E-state index in [4.69, 9.17) is 0 Å². The van der Waals surface area contributed by atoms with Gasteiger partial charge >= 0.3 is 0 Å². The average molecular weight is 183 g/mol. The lowest BCUT2D eigenvalue weighted by atomic mass is 9.60. The first kappa shape index (κ1) is 9.00. The van der Waals surface area contributed by atoms with E-state index in [2.05, 4.69) is 0 Å². The van der Waals surface area contributed by atoms with Gasteiger partial charge < -0.3 is 0 Å². The molecule has 3 heteroatoms. The third-order valence-corrected chi connectivity index (χ3v) is 3.84. The van der Waals surface area contributed by atoms with Crippen LogP contribution in [-0.4, -0.2) is 23.2 Å². The fourth-order valence-electron chi connectivity index (χ4n) is 2.91. The van der Waals surface area contributed by atoms with Crippen molar-refractivity contribution in [2.24, 2.45) is 11.3 Å². The summed E-state index contributed by atoms with van der Waals surface area (Å²) in [6.07, 6.45) is 6.50. The molecular formula is C10H17NO2. The maximum absolute atomic E-state index is 11.8. The van der Waals surface area contributed by atoms with Crippen LogP contribution in [-0.2, 0) is 4.79 Å². The smallest absolute Gasteiger partial charge is 0.251 e. The first-order valence-corrected chi connectivity index (χ1v) is 5.11. The van der Waals surface area contributed by atoms with E-state index >= 15 is 0 Å². The van der Waals surface area contributed by atoms with Crippen molar-refractivity contribution in [3.8, 4) is 0 Å². The van der Waals surface area contributed by atoms with E-state index in [1.54, 1.807) is 0 Å². The Bertz CT molecular complexity index is 203. The van der Waals surface area contributed by atoms with Crippen LogP contribution in [0.1, 0.15) is 38.5 Å². The van der Waals surface area contributed by atoms with Crippen molar-refractivity contribution in [1.82, 2.24) is 5.06 Å². The normalized spacial score (nSPS) is 37.5. The number of carbonyl (C=O) groups is 1. The lowest BCUT2D eigenvalue weighted by Crippen LogP contribution is -2.46. The van der Waals surface area contributed by atoms with E-state index in [0.717, 1.165) is 30.2 Å². The van der Waals surface area contributed by atoms with Gasteiger partial charge in [0.05, 0.1) is 5.41 Å². The van der Waals surface area contributed by atoms with Crippen molar-refractivity contribution in [2.75, 3.05) is 7.05 Å². The summed E-state index contributed by atoms with van der Waals surface area (Å²) in [6.45, 7) is 0. The van der Waals surface area contributed by atoms with Gasteiger partial charge in [-0.1, -0.05) is 0 Å². The van der Waals surface area contributed by atoms with Crippen LogP contribution in [0.3, 0.4) is 0 Å². The number of nitrogens with zero attached hydrogens (tertiary/aromatic N) is 1. The number of amides is 1. The van der Waals surface area contributed by atoms with Gasteiger partial charge in [0.15, 0.2) is 0 Å². The maximum atomic E-state index is 11.8. The molecule has 74 valence electrons. The van der Waals surface area contributed by atoms with Crippen LogP contribution in [0.2, 0.25) is 0 Å². The number of hydrogen-bond acceptors (Lipinski definition) is 2. The van der Waals surface area contributed by atoms with Crippen LogP contribution in [0.4, 0.5) is 0 Å². The lowest BCUT2D eigenvalue weighted by molar-refractivity contribution is -0.177. The number of fused-ring (bicyclic) bond motifs is 3. The molecule has 3 saturated carbocycles. The summed E-state index contributed by atoms with van der Waals surface area (Å²) < 4.78 is 0.